The predicted molar refractivity (Wildman–Crippen MR) is 97.3 cm³/mol. The van der Waals surface area contributed by atoms with E-state index in [0.717, 1.165) is 25.6 Å². The number of fused-ring (bicyclic) bond motifs is 1. The Hall–Kier alpha value is -2.15. The smallest absolute Gasteiger partial charge is 0.288 e. The number of hydrogen-bond acceptors (Lipinski definition) is 2. The fourth-order valence-electron chi connectivity index (χ4n) is 2.28. The molecule has 0 spiro atoms. The Balaban J connectivity index is 1.76. The number of carbonyl (C=O) groups is 1. The number of aryl methyl sites for hydroxylation is 1. The number of benzene rings is 2. The van der Waals surface area contributed by atoms with Crippen LogP contribution in [0.3, 0.4) is 0 Å². The summed E-state index contributed by atoms with van der Waals surface area (Å²) in [5.74, 6) is -0.240. The van der Waals surface area contributed by atoms with E-state index >= 15 is 0 Å². The lowest BCUT2D eigenvalue weighted by Crippen LogP contribution is -2.18. The number of aromatic nitrogens is 1. The zero-order valence-electron chi connectivity index (χ0n) is 11.9. The molecule has 3 aromatic rings. The number of halogens is 1. The Morgan fingerprint density at radius 3 is 2.64 bits per heavy atom. The van der Waals surface area contributed by atoms with Crippen LogP contribution in [0, 0.1) is 10.5 Å². The van der Waals surface area contributed by atoms with Crippen molar-refractivity contribution in [3.63, 3.8) is 0 Å². The van der Waals surface area contributed by atoms with E-state index in [0.29, 0.717) is 5.69 Å². The quantitative estimate of drug-likeness (QED) is 0.390. The third-order valence-electron chi connectivity index (χ3n) is 3.44. The molecule has 2 N–H and O–H groups in total. The first-order chi connectivity index (χ1) is 10.6. The van der Waals surface area contributed by atoms with Gasteiger partial charge in [0.25, 0.3) is 5.91 Å². The van der Waals surface area contributed by atoms with E-state index in [1.807, 2.05) is 55.5 Å². The number of hydrazone groups is 1. The van der Waals surface area contributed by atoms with E-state index < -0.39 is 0 Å². The van der Waals surface area contributed by atoms with Crippen molar-refractivity contribution in [1.29, 1.82) is 0 Å². The van der Waals surface area contributed by atoms with Crippen LogP contribution in [0.2, 0.25) is 0 Å². The van der Waals surface area contributed by atoms with Crippen molar-refractivity contribution < 1.29 is 4.79 Å². The fourth-order valence-corrected chi connectivity index (χ4v) is 2.64. The van der Waals surface area contributed by atoms with Crippen LogP contribution in [0.5, 0.6) is 0 Å². The molecule has 1 aromatic heterocycles. The molecular formula is C17H14IN3O. The van der Waals surface area contributed by atoms with Crippen molar-refractivity contribution in [1.82, 2.24) is 10.4 Å². The van der Waals surface area contributed by atoms with E-state index in [4.69, 9.17) is 0 Å². The molecule has 0 unspecified atom stereocenters. The normalized spacial score (nSPS) is 11.2. The molecule has 0 atom stereocenters. The highest BCUT2D eigenvalue weighted by molar-refractivity contribution is 14.1. The number of carbonyl (C=O) groups excluding carboxylic acids is 1. The number of rotatable bonds is 3. The van der Waals surface area contributed by atoms with Crippen LogP contribution in [-0.2, 0) is 0 Å². The van der Waals surface area contributed by atoms with Gasteiger partial charge in [-0.3, -0.25) is 4.79 Å². The minimum Gasteiger partial charge on any atom is -0.350 e. The molecule has 110 valence electrons. The van der Waals surface area contributed by atoms with Gasteiger partial charge in [0, 0.05) is 14.5 Å². The third kappa shape index (κ3) is 3.04. The molecule has 0 saturated carbocycles. The van der Waals surface area contributed by atoms with Crippen molar-refractivity contribution >= 4 is 45.6 Å². The highest BCUT2D eigenvalue weighted by atomic mass is 127. The number of nitrogens with one attached hydrogen (secondary N) is 2. The minimum absolute atomic E-state index is 0.240. The van der Waals surface area contributed by atoms with Crippen LogP contribution in [0.25, 0.3) is 10.9 Å². The molecule has 0 aliphatic carbocycles. The summed E-state index contributed by atoms with van der Waals surface area (Å²) in [5, 5.41) is 5.06. The Labute approximate surface area is 141 Å². The highest BCUT2D eigenvalue weighted by Crippen LogP contribution is 2.21. The van der Waals surface area contributed by atoms with Crippen LogP contribution >= 0.6 is 22.6 Å². The Bertz CT molecular complexity index is 850. The van der Waals surface area contributed by atoms with E-state index in [-0.39, 0.29) is 5.91 Å². The fraction of sp³-hybridized carbons (Fsp3) is 0.0588. The monoisotopic (exact) mass is 403 g/mol. The molecule has 22 heavy (non-hydrogen) atoms. The van der Waals surface area contributed by atoms with Gasteiger partial charge in [-0.05, 0) is 58.8 Å². The summed E-state index contributed by atoms with van der Waals surface area (Å²) < 4.78 is 1.16. The maximum absolute atomic E-state index is 12.2. The van der Waals surface area contributed by atoms with Gasteiger partial charge in [0.1, 0.15) is 5.69 Å². The van der Waals surface area contributed by atoms with Gasteiger partial charge in [0.15, 0.2) is 0 Å². The topological polar surface area (TPSA) is 57.2 Å². The van der Waals surface area contributed by atoms with Crippen LogP contribution in [0.15, 0.2) is 53.6 Å². The second-order valence-corrected chi connectivity index (χ2v) is 6.17. The summed E-state index contributed by atoms with van der Waals surface area (Å²) in [5.41, 5.74) is 5.92. The molecule has 1 heterocycles. The SMILES string of the molecule is Cc1c(C(=O)N/N=C/c2ccc(I)cc2)[nH]c2ccccc12. The number of amides is 1. The second-order valence-electron chi connectivity index (χ2n) is 4.92. The van der Waals surface area contributed by atoms with E-state index in [9.17, 15) is 4.79 Å². The van der Waals surface area contributed by atoms with Crippen molar-refractivity contribution in [3.05, 3.63) is 68.9 Å². The first kappa shape index (κ1) is 14.8. The van der Waals surface area contributed by atoms with Crippen molar-refractivity contribution in [2.45, 2.75) is 6.92 Å². The van der Waals surface area contributed by atoms with Gasteiger partial charge in [-0.2, -0.15) is 5.10 Å². The molecule has 0 bridgehead atoms. The lowest BCUT2D eigenvalue weighted by Gasteiger charge is -1.99. The van der Waals surface area contributed by atoms with Gasteiger partial charge in [0.2, 0.25) is 0 Å². The predicted octanol–water partition coefficient (Wildman–Crippen LogP) is 3.84. The molecular weight excluding hydrogens is 389 g/mol. The van der Waals surface area contributed by atoms with Gasteiger partial charge in [-0.25, -0.2) is 5.43 Å². The van der Waals surface area contributed by atoms with Gasteiger partial charge in [-0.1, -0.05) is 30.3 Å². The standard InChI is InChI=1S/C17H14IN3O/c1-11-14-4-2-3-5-15(14)20-16(11)17(22)21-19-10-12-6-8-13(18)9-7-12/h2-10,20H,1H3,(H,21,22)/b19-10+. The van der Waals surface area contributed by atoms with Gasteiger partial charge in [-0.15, -0.1) is 0 Å². The van der Waals surface area contributed by atoms with Crippen LogP contribution in [0.4, 0.5) is 0 Å². The molecule has 0 radical (unpaired) electrons. The Kier molecular flexibility index (Phi) is 4.24. The van der Waals surface area contributed by atoms with Gasteiger partial charge in [0.05, 0.1) is 6.21 Å². The zero-order chi connectivity index (χ0) is 15.5. The van der Waals surface area contributed by atoms with Crippen LogP contribution < -0.4 is 5.43 Å². The number of aromatic amines is 1. The molecule has 5 heteroatoms. The molecule has 4 nitrogen and oxygen atoms in total. The Morgan fingerprint density at radius 2 is 1.91 bits per heavy atom. The molecule has 1 amide bonds. The summed E-state index contributed by atoms with van der Waals surface area (Å²) in [6.07, 6.45) is 1.63. The number of hydrogen-bond donors (Lipinski definition) is 2. The maximum Gasteiger partial charge on any atom is 0.288 e. The number of para-hydroxylation sites is 1. The highest BCUT2D eigenvalue weighted by Gasteiger charge is 2.13. The average Bonchev–Trinajstić information content (AvgIpc) is 2.87. The molecule has 3 rings (SSSR count). The third-order valence-corrected chi connectivity index (χ3v) is 4.16. The molecule has 0 saturated heterocycles. The van der Waals surface area contributed by atoms with Gasteiger partial charge >= 0.3 is 0 Å². The lowest BCUT2D eigenvalue weighted by molar-refractivity contribution is 0.0950. The molecule has 0 aliphatic heterocycles. The summed E-state index contributed by atoms with van der Waals surface area (Å²) in [6, 6.07) is 15.7. The summed E-state index contributed by atoms with van der Waals surface area (Å²) in [7, 11) is 0. The average molecular weight is 403 g/mol. The first-order valence-electron chi connectivity index (χ1n) is 6.81. The lowest BCUT2D eigenvalue weighted by atomic mass is 10.1. The summed E-state index contributed by atoms with van der Waals surface area (Å²) in [4.78, 5) is 15.4. The molecule has 0 aliphatic rings. The number of nitrogens with zero attached hydrogens (tertiary/aromatic N) is 1. The van der Waals surface area contributed by atoms with Crippen LogP contribution in [0.1, 0.15) is 21.6 Å². The van der Waals surface area contributed by atoms with E-state index in [1.54, 1.807) is 6.21 Å². The largest absolute Gasteiger partial charge is 0.350 e. The van der Waals surface area contributed by atoms with Crippen molar-refractivity contribution in [2.75, 3.05) is 0 Å². The second kappa shape index (κ2) is 6.31. The summed E-state index contributed by atoms with van der Waals surface area (Å²) >= 11 is 2.24. The Morgan fingerprint density at radius 1 is 1.18 bits per heavy atom. The molecule has 0 fully saturated rings. The minimum atomic E-state index is -0.240. The first-order valence-corrected chi connectivity index (χ1v) is 7.89. The van der Waals surface area contributed by atoms with Gasteiger partial charge < -0.3 is 4.98 Å². The van der Waals surface area contributed by atoms with Crippen molar-refractivity contribution in [3.8, 4) is 0 Å². The van der Waals surface area contributed by atoms with E-state index in [2.05, 4.69) is 38.1 Å². The molecule has 2 aromatic carbocycles. The summed E-state index contributed by atoms with van der Waals surface area (Å²) in [6.45, 7) is 1.93. The number of H-pyrrole nitrogens is 1. The zero-order valence-corrected chi connectivity index (χ0v) is 14.1. The van der Waals surface area contributed by atoms with E-state index in [1.165, 1.54) is 0 Å². The maximum atomic E-state index is 12.2. The van der Waals surface area contributed by atoms with Crippen LogP contribution in [-0.4, -0.2) is 17.1 Å². The van der Waals surface area contributed by atoms with Crippen molar-refractivity contribution in [2.24, 2.45) is 5.10 Å².